The maximum atomic E-state index is 14.5. The first-order valence-corrected chi connectivity index (χ1v) is 15.6. The molecular weight excluding hydrogens is 554 g/mol. The van der Waals surface area contributed by atoms with Crippen LogP contribution in [0.3, 0.4) is 0 Å². The molecule has 44 heavy (non-hydrogen) atoms. The van der Waals surface area contributed by atoms with Gasteiger partial charge in [0.25, 0.3) is 0 Å². The number of carboxylic acid groups (broad SMARTS) is 1. The summed E-state index contributed by atoms with van der Waals surface area (Å²) in [5.41, 5.74) is 3.37. The Labute approximate surface area is 261 Å². The van der Waals surface area contributed by atoms with Crippen molar-refractivity contribution in [2.75, 3.05) is 14.2 Å². The highest BCUT2D eigenvalue weighted by Gasteiger charge is 2.59. The van der Waals surface area contributed by atoms with E-state index >= 15 is 0 Å². The molecule has 0 radical (unpaired) electrons. The number of hydrogen-bond donors (Lipinski definition) is 1. The minimum Gasteiger partial charge on any atom is -0.496 e. The molecule has 3 aromatic rings. The van der Waals surface area contributed by atoms with Crippen LogP contribution < -0.4 is 4.74 Å². The molecule has 2 fully saturated rings. The predicted octanol–water partition coefficient (Wildman–Crippen LogP) is 7.15. The SMILES string of the molecule is COc1ccc(-c2ccccc2)cc1CO[C@H]1[C@H](C(C)(C)C)[C@@H](C(=O)O)N(C(=O)[C@@H]2CCC[C@@H](OC)C2)[C@H]1c1ccccc1. The molecule has 1 saturated carbocycles. The van der Waals surface area contributed by atoms with E-state index in [0.29, 0.717) is 12.2 Å². The second-order valence-electron chi connectivity index (χ2n) is 13.2. The van der Waals surface area contributed by atoms with Crippen LogP contribution in [-0.4, -0.2) is 54.4 Å². The number of ether oxygens (including phenoxy) is 3. The molecule has 7 heteroatoms. The van der Waals surface area contributed by atoms with Gasteiger partial charge in [0.1, 0.15) is 11.8 Å². The maximum Gasteiger partial charge on any atom is 0.326 e. The summed E-state index contributed by atoms with van der Waals surface area (Å²) in [6, 6.07) is 24.3. The number of amides is 1. The van der Waals surface area contributed by atoms with Gasteiger partial charge < -0.3 is 24.2 Å². The molecule has 3 aromatic carbocycles. The molecule has 1 N–H and O–H groups in total. The van der Waals surface area contributed by atoms with E-state index in [1.807, 2.05) is 81.4 Å². The van der Waals surface area contributed by atoms with Crippen molar-refractivity contribution in [1.29, 1.82) is 0 Å². The zero-order chi connectivity index (χ0) is 31.4. The van der Waals surface area contributed by atoms with Crippen LogP contribution in [-0.2, 0) is 25.7 Å². The van der Waals surface area contributed by atoms with Crippen LogP contribution in [0.5, 0.6) is 5.75 Å². The molecule has 1 amide bonds. The zero-order valence-corrected chi connectivity index (χ0v) is 26.4. The molecule has 1 aliphatic heterocycles. The van der Waals surface area contributed by atoms with Crippen molar-refractivity contribution in [2.24, 2.45) is 17.3 Å². The van der Waals surface area contributed by atoms with Gasteiger partial charge in [-0.15, -0.1) is 0 Å². The summed E-state index contributed by atoms with van der Waals surface area (Å²) < 4.78 is 18.2. The fourth-order valence-corrected chi connectivity index (χ4v) is 7.27. The van der Waals surface area contributed by atoms with Gasteiger partial charge in [-0.2, -0.15) is 0 Å². The van der Waals surface area contributed by atoms with Gasteiger partial charge in [-0.25, -0.2) is 4.79 Å². The molecule has 0 unspecified atom stereocenters. The van der Waals surface area contributed by atoms with E-state index in [4.69, 9.17) is 14.2 Å². The fourth-order valence-electron chi connectivity index (χ4n) is 7.27. The number of carboxylic acids is 1. The second kappa shape index (κ2) is 13.5. The molecule has 1 heterocycles. The number of nitrogens with zero attached hydrogens (tertiary/aromatic N) is 1. The van der Waals surface area contributed by atoms with Crippen molar-refractivity contribution in [3.8, 4) is 16.9 Å². The lowest BCUT2D eigenvalue weighted by molar-refractivity contribution is -0.155. The number of rotatable bonds is 9. The smallest absolute Gasteiger partial charge is 0.326 e. The van der Waals surface area contributed by atoms with E-state index in [1.54, 1.807) is 19.1 Å². The Balaban J connectivity index is 1.57. The highest BCUT2D eigenvalue weighted by molar-refractivity contribution is 5.87. The number of carbonyl (C=O) groups excluding carboxylic acids is 1. The lowest BCUT2D eigenvalue weighted by Gasteiger charge is -2.36. The summed E-state index contributed by atoms with van der Waals surface area (Å²) in [5, 5.41) is 10.8. The van der Waals surface area contributed by atoms with E-state index in [2.05, 4.69) is 18.2 Å². The monoisotopic (exact) mass is 599 g/mol. The normalized spacial score (nSPS) is 25.5. The molecular formula is C37H45NO6. The zero-order valence-electron chi connectivity index (χ0n) is 26.4. The number of benzene rings is 3. The standard InChI is InChI=1S/C37H45NO6/c1-37(2,3)31-33(36(40)41)38(35(39)27-17-12-18-29(22-27)42-4)32(25-15-10-7-11-16-25)34(31)44-23-28-21-26(19-20-30(28)43-5)24-13-8-6-9-14-24/h6-11,13-16,19-21,27,29,31-34H,12,17-18,22-23H2,1-5H3,(H,40,41)/t27-,29-,31-,32+,33+,34+/m1/s1. The van der Waals surface area contributed by atoms with Crippen LogP contribution in [0, 0.1) is 17.3 Å². The molecule has 6 atom stereocenters. The first kappa shape index (κ1) is 31.7. The Morgan fingerprint density at radius 1 is 0.909 bits per heavy atom. The van der Waals surface area contributed by atoms with Gasteiger partial charge in [0.05, 0.1) is 32.0 Å². The summed E-state index contributed by atoms with van der Waals surface area (Å²) in [4.78, 5) is 29.3. The van der Waals surface area contributed by atoms with Crippen LogP contribution in [0.4, 0.5) is 0 Å². The van der Waals surface area contributed by atoms with Crippen molar-refractivity contribution in [3.63, 3.8) is 0 Å². The first-order valence-electron chi connectivity index (χ1n) is 15.6. The number of hydrogen-bond acceptors (Lipinski definition) is 5. The average molecular weight is 600 g/mol. The van der Waals surface area contributed by atoms with E-state index in [9.17, 15) is 14.7 Å². The molecule has 0 bridgehead atoms. The highest BCUT2D eigenvalue weighted by Crippen LogP contribution is 2.51. The average Bonchev–Trinajstić information content (AvgIpc) is 3.40. The fraction of sp³-hybridized carbons (Fsp3) is 0.459. The highest BCUT2D eigenvalue weighted by atomic mass is 16.5. The molecule has 234 valence electrons. The topological polar surface area (TPSA) is 85.3 Å². The van der Waals surface area contributed by atoms with Crippen molar-refractivity contribution in [1.82, 2.24) is 4.90 Å². The molecule has 0 aromatic heterocycles. The van der Waals surface area contributed by atoms with Crippen LogP contribution in [0.1, 0.15) is 63.6 Å². The number of methoxy groups -OCH3 is 2. The van der Waals surface area contributed by atoms with E-state index in [-0.39, 0.29) is 24.5 Å². The summed E-state index contributed by atoms with van der Waals surface area (Å²) in [6.45, 7) is 6.32. The van der Waals surface area contributed by atoms with Crippen LogP contribution in [0.15, 0.2) is 78.9 Å². The number of aliphatic carboxylic acids is 1. The Morgan fingerprint density at radius 3 is 2.20 bits per heavy atom. The lowest BCUT2D eigenvalue weighted by Crippen LogP contribution is -2.49. The third-order valence-corrected chi connectivity index (χ3v) is 9.38. The van der Waals surface area contributed by atoms with Crippen molar-refractivity contribution >= 4 is 11.9 Å². The van der Waals surface area contributed by atoms with Crippen LogP contribution >= 0.6 is 0 Å². The Kier molecular flexibility index (Phi) is 9.76. The third-order valence-electron chi connectivity index (χ3n) is 9.38. The number of carbonyl (C=O) groups is 2. The van der Waals surface area contributed by atoms with Crippen molar-refractivity contribution in [3.05, 3.63) is 90.0 Å². The van der Waals surface area contributed by atoms with Gasteiger partial charge >= 0.3 is 5.97 Å². The van der Waals surface area contributed by atoms with Crippen LogP contribution in [0.25, 0.3) is 11.1 Å². The van der Waals surface area contributed by atoms with Crippen LogP contribution in [0.2, 0.25) is 0 Å². The van der Waals surface area contributed by atoms with Gasteiger partial charge in [0.2, 0.25) is 5.91 Å². The quantitative estimate of drug-likeness (QED) is 0.281. The Morgan fingerprint density at radius 2 is 1.59 bits per heavy atom. The lowest BCUT2D eigenvalue weighted by atomic mass is 9.73. The van der Waals surface area contributed by atoms with E-state index in [1.165, 1.54) is 0 Å². The maximum absolute atomic E-state index is 14.5. The van der Waals surface area contributed by atoms with Gasteiger partial charge in [-0.3, -0.25) is 4.79 Å². The minimum absolute atomic E-state index is 0.00595. The Hall–Kier alpha value is -3.68. The molecule has 1 saturated heterocycles. The molecule has 1 aliphatic carbocycles. The molecule has 2 aliphatic rings. The molecule has 7 nitrogen and oxygen atoms in total. The summed E-state index contributed by atoms with van der Waals surface area (Å²) in [5.74, 6) is -1.21. The predicted molar refractivity (Wildman–Crippen MR) is 170 cm³/mol. The third kappa shape index (κ3) is 6.54. The summed E-state index contributed by atoms with van der Waals surface area (Å²) >= 11 is 0. The second-order valence-corrected chi connectivity index (χ2v) is 13.2. The largest absolute Gasteiger partial charge is 0.496 e. The van der Waals surface area contributed by atoms with Gasteiger partial charge in [0.15, 0.2) is 0 Å². The van der Waals surface area contributed by atoms with Gasteiger partial charge in [-0.1, -0.05) is 93.9 Å². The van der Waals surface area contributed by atoms with E-state index < -0.39 is 35.5 Å². The number of likely N-dealkylation sites (tertiary alicyclic amines) is 1. The van der Waals surface area contributed by atoms with Gasteiger partial charge in [-0.05, 0) is 53.5 Å². The van der Waals surface area contributed by atoms with Crippen molar-refractivity contribution < 1.29 is 28.9 Å². The van der Waals surface area contributed by atoms with E-state index in [0.717, 1.165) is 41.5 Å². The van der Waals surface area contributed by atoms with Gasteiger partial charge in [0, 0.05) is 24.5 Å². The first-order chi connectivity index (χ1) is 21.1. The molecule has 0 spiro atoms. The summed E-state index contributed by atoms with van der Waals surface area (Å²) in [7, 11) is 3.32. The minimum atomic E-state index is -1.04. The molecule has 5 rings (SSSR count). The van der Waals surface area contributed by atoms with Crippen molar-refractivity contribution in [2.45, 2.75) is 77.4 Å². The Bertz CT molecular complexity index is 1420. The summed E-state index contributed by atoms with van der Waals surface area (Å²) in [6.07, 6.45) is 2.51.